The Balaban J connectivity index is 1.88. The van der Waals surface area contributed by atoms with Crippen molar-refractivity contribution in [3.8, 4) is 0 Å². The maximum Gasteiger partial charge on any atom is 0.262 e. The molecule has 0 aliphatic carbocycles. The summed E-state index contributed by atoms with van der Waals surface area (Å²) in [6.45, 7) is 2.49. The van der Waals surface area contributed by atoms with E-state index in [0.717, 1.165) is 16.4 Å². The number of aryl methyl sites for hydroxylation is 1. The molecule has 0 saturated carbocycles. The van der Waals surface area contributed by atoms with Crippen molar-refractivity contribution < 1.29 is 0 Å². The lowest BCUT2D eigenvalue weighted by atomic mass is 10.2. The Morgan fingerprint density at radius 2 is 1.92 bits per heavy atom. The van der Waals surface area contributed by atoms with Crippen LogP contribution in [0, 0.1) is 0 Å². The largest absolute Gasteiger partial charge is 0.277 e. The van der Waals surface area contributed by atoms with Crippen LogP contribution < -0.4 is 5.56 Å². The molecule has 3 aromatic heterocycles. The van der Waals surface area contributed by atoms with Crippen LogP contribution in [0.2, 0.25) is 0 Å². The second kappa shape index (κ2) is 6.09. The monoisotopic (exact) mass is 337 g/mol. The number of benzene rings is 1. The fraction of sp³-hybridized carbons (Fsp3) is 0.176. The third-order valence-electron chi connectivity index (χ3n) is 3.87. The molecular weight excluding hydrogens is 322 g/mol. The van der Waals surface area contributed by atoms with Crippen molar-refractivity contribution in [1.82, 2.24) is 24.1 Å². The van der Waals surface area contributed by atoms with Gasteiger partial charge >= 0.3 is 0 Å². The lowest BCUT2D eigenvalue weighted by Gasteiger charge is -2.09. The van der Waals surface area contributed by atoms with Crippen molar-refractivity contribution in [2.75, 3.05) is 0 Å². The van der Waals surface area contributed by atoms with E-state index in [0.29, 0.717) is 23.5 Å². The topological polar surface area (TPSA) is 65.1 Å². The van der Waals surface area contributed by atoms with E-state index in [9.17, 15) is 4.79 Å². The van der Waals surface area contributed by atoms with Crippen LogP contribution in [0.3, 0.4) is 0 Å². The molecule has 1 aromatic carbocycles. The molecule has 0 radical (unpaired) electrons. The van der Waals surface area contributed by atoms with Crippen LogP contribution >= 0.6 is 11.8 Å². The smallest absolute Gasteiger partial charge is 0.262 e. The predicted molar refractivity (Wildman–Crippen MR) is 94.2 cm³/mol. The molecule has 24 heavy (non-hydrogen) atoms. The van der Waals surface area contributed by atoms with Crippen molar-refractivity contribution in [1.29, 1.82) is 0 Å². The quantitative estimate of drug-likeness (QED) is 0.536. The number of rotatable bonds is 4. The highest BCUT2D eigenvalue weighted by Crippen LogP contribution is 2.23. The zero-order valence-electron chi connectivity index (χ0n) is 13.1. The van der Waals surface area contributed by atoms with Gasteiger partial charge in [-0.1, -0.05) is 30.0 Å². The molecule has 0 spiro atoms. The van der Waals surface area contributed by atoms with E-state index in [-0.39, 0.29) is 5.56 Å². The summed E-state index contributed by atoms with van der Waals surface area (Å²) >= 11 is 1.56. The molecule has 120 valence electrons. The van der Waals surface area contributed by atoms with Crippen molar-refractivity contribution >= 4 is 28.4 Å². The zero-order chi connectivity index (χ0) is 16.5. The molecule has 0 atom stereocenters. The average molecular weight is 337 g/mol. The minimum atomic E-state index is -0.0331. The van der Waals surface area contributed by atoms with E-state index in [2.05, 4.69) is 15.2 Å². The van der Waals surface area contributed by atoms with Gasteiger partial charge < -0.3 is 0 Å². The van der Waals surface area contributed by atoms with Crippen LogP contribution in [0.25, 0.3) is 16.7 Å². The summed E-state index contributed by atoms with van der Waals surface area (Å²) in [4.78, 5) is 17.0. The maximum absolute atomic E-state index is 12.6. The number of para-hydroxylation sites is 1. The molecule has 0 aliphatic heterocycles. The molecule has 0 aliphatic rings. The summed E-state index contributed by atoms with van der Waals surface area (Å²) in [5.74, 6) is 1.27. The number of hydrogen-bond acceptors (Lipinski definition) is 5. The second-order valence-electron chi connectivity index (χ2n) is 5.29. The predicted octanol–water partition coefficient (Wildman–Crippen LogP) is 2.75. The molecule has 7 heteroatoms. The van der Waals surface area contributed by atoms with Gasteiger partial charge in [0.25, 0.3) is 5.56 Å². The van der Waals surface area contributed by atoms with Gasteiger partial charge in [-0.05, 0) is 31.2 Å². The Morgan fingerprint density at radius 1 is 1.08 bits per heavy atom. The Labute approximate surface area is 142 Å². The van der Waals surface area contributed by atoms with Crippen molar-refractivity contribution in [2.24, 2.45) is 0 Å². The first-order chi connectivity index (χ1) is 11.8. The van der Waals surface area contributed by atoms with Gasteiger partial charge in [0, 0.05) is 18.5 Å². The van der Waals surface area contributed by atoms with E-state index < -0.39 is 0 Å². The van der Waals surface area contributed by atoms with Gasteiger partial charge in [-0.3, -0.25) is 18.7 Å². The summed E-state index contributed by atoms with van der Waals surface area (Å²) < 4.78 is 3.61. The Bertz CT molecular complexity index is 1070. The minimum absolute atomic E-state index is 0.0331. The molecule has 0 unspecified atom stereocenters. The van der Waals surface area contributed by atoms with Gasteiger partial charge in [0.2, 0.25) is 5.78 Å². The van der Waals surface area contributed by atoms with Gasteiger partial charge in [-0.15, -0.1) is 10.2 Å². The fourth-order valence-electron chi connectivity index (χ4n) is 2.73. The molecule has 0 saturated heterocycles. The molecule has 0 fully saturated rings. The fourth-order valence-corrected chi connectivity index (χ4v) is 3.59. The van der Waals surface area contributed by atoms with Gasteiger partial charge in [-0.25, -0.2) is 0 Å². The first kappa shape index (κ1) is 14.9. The molecule has 3 heterocycles. The van der Waals surface area contributed by atoms with Crippen LogP contribution in [0.15, 0.2) is 58.6 Å². The highest BCUT2D eigenvalue weighted by atomic mass is 32.2. The highest BCUT2D eigenvalue weighted by Gasteiger charge is 2.15. The number of hydrogen-bond donors (Lipinski definition) is 0. The maximum atomic E-state index is 12.6. The standard InChI is InChI=1S/C17H15N5OS/c1-2-21-15(23)13-8-3-4-9-14(13)22-16(21)19-20-17(22)24-11-12-7-5-6-10-18-12/h3-10H,2,11H2,1H3. The van der Waals surface area contributed by atoms with E-state index in [1.165, 1.54) is 0 Å². The van der Waals surface area contributed by atoms with Gasteiger partial charge in [0.05, 0.1) is 16.6 Å². The molecule has 6 nitrogen and oxygen atoms in total. The molecule has 0 bridgehead atoms. The van der Waals surface area contributed by atoms with Gasteiger partial charge in [-0.2, -0.15) is 0 Å². The SMILES string of the molecule is CCn1c(=O)c2ccccc2n2c(SCc3ccccn3)nnc12. The molecule has 0 N–H and O–H groups in total. The molecule has 4 aromatic rings. The second-order valence-corrected chi connectivity index (χ2v) is 6.24. The van der Waals surface area contributed by atoms with Crippen LogP contribution in [0.4, 0.5) is 0 Å². The Morgan fingerprint density at radius 3 is 2.71 bits per heavy atom. The lowest BCUT2D eigenvalue weighted by molar-refractivity contribution is 0.733. The first-order valence-corrected chi connectivity index (χ1v) is 8.67. The first-order valence-electron chi connectivity index (χ1n) is 7.69. The number of nitrogens with zero attached hydrogens (tertiary/aromatic N) is 5. The van der Waals surface area contributed by atoms with Crippen LogP contribution in [-0.4, -0.2) is 24.1 Å². The van der Waals surface area contributed by atoms with Gasteiger partial charge in [0.1, 0.15) is 0 Å². The lowest BCUT2D eigenvalue weighted by Crippen LogP contribution is -2.22. The summed E-state index contributed by atoms with van der Waals surface area (Å²) in [5, 5.41) is 9.98. The van der Waals surface area contributed by atoms with Crippen molar-refractivity contribution in [3.63, 3.8) is 0 Å². The molecule has 0 amide bonds. The normalized spacial score (nSPS) is 11.4. The van der Waals surface area contributed by atoms with Crippen LogP contribution in [0.1, 0.15) is 12.6 Å². The third kappa shape index (κ3) is 2.37. The number of fused-ring (bicyclic) bond motifs is 3. The Hall–Kier alpha value is -2.67. The van der Waals surface area contributed by atoms with Gasteiger partial charge in [0.15, 0.2) is 5.16 Å². The van der Waals surface area contributed by atoms with Crippen molar-refractivity contribution in [2.45, 2.75) is 24.4 Å². The van der Waals surface area contributed by atoms with E-state index in [4.69, 9.17) is 0 Å². The zero-order valence-corrected chi connectivity index (χ0v) is 13.9. The summed E-state index contributed by atoms with van der Waals surface area (Å²) in [7, 11) is 0. The minimum Gasteiger partial charge on any atom is -0.277 e. The van der Waals surface area contributed by atoms with E-state index in [1.807, 2.05) is 53.8 Å². The van der Waals surface area contributed by atoms with E-state index in [1.54, 1.807) is 22.5 Å². The molecular formula is C17H15N5OS. The summed E-state index contributed by atoms with van der Waals surface area (Å²) in [5.41, 5.74) is 1.78. The number of pyridine rings is 1. The van der Waals surface area contributed by atoms with E-state index >= 15 is 0 Å². The summed E-state index contributed by atoms with van der Waals surface area (Å²) in [6.07, 6.45) is 1.78. The summed E-state index contributed by atoms with van der Waals surface area (Å²) in [6, 6.07) is 13.4. The third-order valence-corrected chi connectivity index (χ3v) is 4.83. The highest BCUT2D eigenvalue weighted by molar-refractivity contribution is 7.98. The Kier molecular flexibility index (Phi) is 3.78. The number of aromatic nitrogens is 5. The molecule has 4 rings (SSSR count). The van der Waals surface area contributed by atoms with Crippen LogP contribution in [0.5, 0.6) is 0 Å². The van der Waals surface area contributed by atoms with Crippen molar-refractivity contribution in [3.05, 3.63) is 64.7 Å². The average Bonchev–Trinajstić information content (AvgIpc) is 3.05. The number of thioether (sulfide) groups is 1. The van der Waals surface area contributed by atoms with Crippen LogP contribution in [-0.2, 0) is 12.3 Å².